The molecule has 0 unspecified atom stereocenters. The first kappa shape index (κ1) is 20.0. The normalized spacial score (nSPS) is 11.1. The molecule has 158 valence electrons. The van der Waals surface area contributed by atoms with Crippen LogP contribution >= 0.6 is 11.3 Å². The highest BCUT2D eigenvalue weighted by Gasteiger charge is 2.21. The summed E-state index contributed by atoms with van der Waals surface area (Å²) in [4.78, 5) is 27.7. The molecule has 1 amide bonds. The number of carbonyl (C=O) groups excluding carboxylic acids is 1. The number of amides is 1. The van der Waals surface area contributed by atoms with Gasteiger partial charge in [-0.1, -0.05) is 52.4 Å². The van der Waals surface area contributed by atoms with Crippen LogP contribution < -0.4 is 5.32 Å². The zero-order valence-corrected chi connectivity index (χ0v) is 18.5. The van der Waals surface area contributed by atoms with E-state index in [1.54, 1.807) is 19.2 Å². The lowest BCUT2D eigenvalue weighted by atomic mass is 10.0. The fraction of sp³-hybridized carbons (Fsp3) is 0.125. The first-order chi connectivity index (χ1) is 15.5. The fourth-order valence-electron chi connectivity index (χ4n) is 3.50. The number of hydrogen-bond donors (Lipinski definition) is 1. The summed E-state index contributed by atoms with van der Waals surface area (Å²) in [7, 11) is 0. The van der Waals surface area contributed by atoms with E-state index in [4.69, 9.17) is 4.52 Å². The third kappa shape index (κ3) is 3.65. The molecule has 0 saturated carbocycles. The number of nitrogens with zero attached hydrogens (tertiary/aromatic N) is 4. The van der Waals surface area contributed by atoms with E-state index in [2.05, 4.69) is 25.4 Å². The van der Waals surface area contributed by atoms with Crippen molar-refractivity contribution in [3.05, 3.63) is 77.2 Å². The Labute approximate surface area is 188 Å². The van der Waals surface area contributed by atoms with Crippen LogP contribution in [0.3, 0.4) is 0 Å². The molecule has 0 saturated heterocycles. The van der Waals surface area contributed by atoms with E-state index < -0.39 is 0 Å². The van der Waals surface area contributed by atoms with Gasteiger partial charge in [-0.25, -0.2) is 9.97 Å². The van der Waals surface area contributed by atoms with Gasteiger partial charge in [0.05, 0.1) is 38.6 Å². The molecule has 0 spiro atoms. The molecule has 0 radical (unpaired) electrons. The minimum Gasteiger partial charge on any atom is -0.335 e. The van der Waals surface area contributed by atoms with Gasteiger partial charge in [0.15, 0.2) is 5.13 Å². The number of thiazole rings is 1. The van der Waals surface area contributed by atoms with Crippen molar-refractivity contribution in [3.63, 3.8) is 0 Å². The predicted octanol–water partition coefficient (Wildman–Crippen LogP) is 5.59. The summed E-state index contributed by atoms with van der Waals surface area (Å²) in [6.07, 6.45) is 1.74. The van der Waals surface area contributed by atoms with Crippen LogP contribution in [0.1, 0.15) is 27.3 Å². The zero-order valence-electron chi connectivity index (χ0n) is 17.7. The van der Waals surface area contributed by atoms with Crippen LogP contribution in [0, 0.1) is 20.8 Å². The summed E-state index contributed by atoms with van der Waals surface area (Å²) < 4.78 is 5.39. The van der Waals surface area contributed by atoms with Crippen molar-refractivity contribution >= 4 is 33.5 Å². The number of nitrogens with one attached hydrogen (secondary N) is 1. The number of fused-ring (bicyclic) bond motifs is 1. The lowest BCUT2D eigenvalue weighted by Crippen LogP contribution is -2.13. The van der Waals surface area contributed by atoms with Crippen LogP contribution in [0.15, 0.2) is 59.3 Å². The predicted molar refractivity (Wildman–Crippen MR) is 125 cm³/mol. The molecule has 8 heteroatoms. The van der Waals surface area contributed by atoms with E-state index in [-0.39, 0.29) is 5.91 Å². The maximum absolute atomic E-state index is 13.3. The lowest BCUT2D eigenvalue weighted by molar-refractivity contribution is 0.102. The molecule has 0 aliphatic rings. The number of aromatic nitrogens is 4. The smallest absolute Gasteiger partial charge is 0.259 e. The van der Waals surface area contributed by atoms with Gasteiger partial charge in [0.25, 0.3) is 11.6 Å². The lowest BCUT2D eigenvalue weighted by Gasteiger charge is -2.07. The molecule has 0 atom stereocenters. The maximum Gasteiger partial charge on any atom is 0.259 e. The van der Waals surface area contributed by atoms with E-state index in [1.807, 2.05) is 56.3 Å². The number of rotatable bonds is 4. The van der Waals surface area contributed by atoms with Gasteiger partial charge in [0, 0.05) is 11.8 Å². The molecule has 4 aromatic heterocycles. The second-order valence-electron chi connectivity index (χ2n) is 7.47. The van der Waals surface area contributed by atoms with E-state index in [1.165, 1.54) is 11.3 Å². The third-order valence-electron chi connectivity index (χ3n) is 5.12. The molecular formula is C24H19N5O2S. The Bertz CT molecular complexity index is 1440. The van der Waals surface area contributed by atoms with Gasteiger partial charge in [-0.05, 0) is 39.0 Å². The Hall–Kier alpha value is -3.91. The Morgan fingerprint density at radius 1 is 0.969 bits per heavy atom. The Balaban J connectivity index is 1.53. The summed E-state index contributed by atoms with van der Waals surface area (Å²) in [6, 6.07) is 15.4. The first-order valence-corrected chi connectivity index (χ1v) is 10.9. The molecule has 0 fully saturated rings. The molecule has 5 rings (SSSR count). The van der Waals surface area contributed by atoms with Crippen LogP contribution in [0.25, 0.3) is 32.9 Å². The van der Waals surface area contributed by atoms with Crippen LogP contribution in [-0.4, -0.2) is 26.0 Å². The largest absolute Gasteiger partial charge is 0.335 e. The third-order valence-corrected chi connectivity index (χ3v) is 6.22. The highest BCUT2D eigenvalue weighted by atomic mass is 32.1. The van der Waals surface area contributed by atoms with Gasteiger partial charge in [-0.2, -0.15) is 0 Å². The van der Waals surface area contributed by atoms with Crippen LogP contribution in [-0.2, 0) is 0 Å². The summed E-state index contributed by atoms with van der Waals surface area (Å²) >= 11 is 1.39. The standard InChI is InChI=1S/C24H19N5O2S/c1-13-7-9-16(10-8-13)19-12-17(20-14(2)29-31-23(20)27-19)22(30)28-24-26-15(3)21(32-24)18-6-4-5-11-25-18/h4-12H,1-3H3,(H,26,28,30). The van der Waals surface area contributed by atoms with Crippen LogP contribution in [0.2, 0.25) is 0 Å². The summed E-state index contributed by atoms with van der Waals surface area (Å²) in [5, 5.41) is 8.04. The van der Waals surface area contributed by atoms with Gasteiger partial charge < -0.3 is 4.52 Å². The zero-order chi connectivity index (χ0) is 22.2. The molecule has 0 bridgehead atoms. The van der Waals surface area contributed by atoms with Crippen molar-refractivity contribution in [2.24, 2.45) is 0 Å². The van der Waals surface area contributed by atoms with Crippen LogP contribution in [0.5, 0.6) is 0 Å². The van der Waals surface area contributed by atoms with Gasteiger partial charge in [0.2, 0.25) is 0 Å². The van der Waals surface area contributed by atoms with Crippen molar-refractivity contribution in [2.75, 3.05) is 5.32 Å². The molecule has 5 aromatic rings. The molecule has 0 aliphatic carbocycles. The molecular weight excluding hydrogens is 422 g/mol. The number of benzene rings is 1. The molecule has 7 nitrogen and oxygen atoms in total. The topological polar surface area (TPSA) is 93.8 Å². The average molecular weight is 442 g/mol. The second-order valence-corrected chi connectivity index (χ2v) is 8.47. The van der Waals surface area contributed by atoms with Crippen molar-refractivity contribution in [1.29, 1.82) is 0 Å². The number of carbonyl (C=O) groups is 1. The number of aryl methyl sites for hydroxylation is 3. The van der Waals surface area contributed by atoms with Gasteiger partial charge in [-0.3, -0.25) is 15.1 Å². The molecule has 32 heavy (non-hydrogen) atoms. The van der Waals surface area contributed by atoms with Crippen molar-refractivity contribution in [1.82, 2.24) is 20.1 Å². The maximum atomic E-state index is 13.3. The van der Waals surface area contributed by atoms with Gasteiger partial charge in [-0.15, -0.1) is 0 Å². The first-order valence-electron chi connectivity index (χ1n) is 10.0. The molecule has 4 heterocycles. The van der Waals surface area contributed by atoms with Gasteiger partial charge in [0.1, 0.15) is 0 Å². The summed E-state index contributed by atoms with van der Waals surface area (Å²) in [5.41, 5.74) is 5.69. The Kier molecular flexibility index (Phi) is 4.99. The van der Waals surface area contributed by atoms with E-state index in [0.717, 1.165) is 27.4 Å². The van der Waals surface area contributed by atoms with Gasteiger partial charge >= 0.3 is 0 Å². The highest BCUT2D eigenvalue weighted by Crippen LogP contribution is 2.33. The second kappa shape index (κ2) is 7.97. The van der Waals surface area contributed by atoms with Crippen molar-refractivity contribution in [2.45, 2.75) is 20.8 Å². The van der Waals surface area contributed by atoms with E-state index >= 15 is 0 Å². The van der Waals surface area contributed by atoms with Crippen LogP contribution in [0.4, 0.5) is 5.13 Å². The average Bonchev–Trinajstić information content (AvgIpc) is 3.36. The summed E-state index contributed by atoms with van der Waals surface area (Å²) in [6.45, 7) is 5.72. The fourth-order valence-corrected chi connectivity index (χ4v) is 4.43. The van der Waals surface area contributed by atoms with E-state index in [0.29, 0.717) is 33.2 Å². The van der Waals surface area contributed by atoms with Crippen molar-refractivity contribution in [3.8, 4) is 21.8 Å². The minimum atomic E-state index is -0.293. The quantitative estimate of drug-likeness (QED) is 0.391. The highest BCUT2D eigenvalue weighted by molar-refractivity contribution is 7.19. The minimum absolute atomic E-state index is 0.293. The molecule has 1 aromatic carbocycles. The van der Waals surface area contributed by atoms with E-state index in [9.17, 15) is 4.79 Å². The summed E-state index contributed by atoms with van der Waals surface area (Å²) in [5.74, 6) is -0.293. The van der Waals surface area contributed by atoms with Crippen molar-refractivity contribution < 1.29 is 9.32 Å². The Morgan fingerprint density at radius 3 is 2.53 bits per heavy atom. The number of hydrogen-bond acceptors (Lipinski definition) is 7. The molecule has 1 N–H and O–H groups in total. The Morgan fingerprint density at radius 2 is 1.78 bits per heavy atom. The molecule has 0 aliphatic heterocycles. The number of pyridine rings is 2. The number of anilines is 1. The monoisotopic (exact) mass is 441 g/mol. The SMILES string of the molecule is Cc1ccc(-c2cc(C(=O)Nc3nc(C)c(-c4ccccn4)s3)c3c(C)noc3n2)cc1.